The Bertz CT molecular complexity index is 1160. The van der Waals surface area contributed by atoms with Gasteiger partial charge in [0.2, 0.25) is 0 Å². The van der Waals surface area contributed by atoms with E-state index in [1.807, 2.05) is 56.4 Å². The fourth-order valence-corrected chi connectivity index (χ4v) is 5.15. The fraction of sp³-hybridized carbons (Fsp3) is 0.400. The Balaban J connectivity index is 1.50. The van der Waals surface area contributed by atoms with E-state index in [0.29, 0.717) is 23.7 Å². The van der Waals surface area contributed by atoms with Crippen LogP contribution in [0.25, 0.3) is 0 Å². The first-order valence-electron chi connectivity index (χ1n) is 12.9. The van der Waals surface area contributed by atoms with E-state index in [0.717, 1.165) is 37.4 Å². The second-order valence-electron chi connectivity index (χ2n) is 10.2. The molecular weight excluding hydrogens is 509 g/mol. The van der Waals surface area contributed by atoms with Gasteiger partial charge in [-0.25, -0.2) is 0 Å². The molecule has 1 aliphatic heterocycles. The van der Waals surface area contributed by atoms with Gasteiger partial charge >= 0.3 is 6.18 Å². The summed E-state index contributed by atoms with van der Waals surface area (Å²) in [5.41, 5.74) is 2.93. The Hall–Kier alpha value is -2.58. The predicted octanol–water partition coefficient (Wildman–Crippen LogP) is 6.26. The molecule has 4 nitrogen and oxygen atoms in total. The van der Waals surface area contributed by atoms with Crippen LogP contribution in [0.5, 0.6) is 0 Å². The Kier molecular flexibility index (Phi) is 9.36. The molecule has 38 heavy (non-hydrogen) atoms. The zero-order valence-electron chi connectivity index (χ0n) is 22.3. The number of alkyl halides is 3. The van der Waals surface area contributed by atoms with E-state index in [1.165, 1.54) is 11.6 Å². The van der Waals surface area contributed by atoms with Crippen molar-refractivity contribution in [2.45, 2.75) is 18.8 Å². The van der Waals surface area contributed by atoms with Gasteiger partial charge in [0.1, 0.15) is 0 Å². The predicted molar refractivity (Wildman–Crippen MR) is 150 cm³/mol. The zero-order valence-corrected chi connectivity index (χ0v) is 23.0. The molecule has 8 heteroatoms. The molecule has 0 N–H and O–H groups in total. The molecule has 0 spiro atoms. The molecule has 0 aromatic heterocycles. The van der Waals surface area contributed by atoms with Crippen LogP contribution in [0.2, 0.25) is 5.02 Å². The van der Waals surface area contributed by atoms with Crippen LogP contribution in [-0.2, 0) is 12.7 Å². The second kappa shape index (κ2) is 12.5. The maximum absolute atomic E-state index is 13.9. The number of hydrogen-bond acceptors (Lipinski definition) is 4. The zero-order chi connectivity index (χ0) is 27.3. The molecule has 0 amide bonds. The number of hydrogen-bond donors (Lipinski definition) is 0. The van der Waals surface area contributed by atoms with Crippen LogP contribution in [0, 0.1) is 0 Å². The molecule has 1 heterocycles. The third kappa shape index (κ3) is 7.29. The van der Waals surface area contributed by atoms with Crippen molar-refractivity contribution in [3.8, 4) is 0 Å². The van der Waals surface area contributed by atoms with E-state index in [1.54, 1.807) is 12.1 Å². The standard InChI is InChI=1S/C30H36ClF3N4/c1-35(2)15-16-36(3)27-13-14-28(30(32,33)34)25(21-27)22-37-17-19-38(20-18-37)29(23-7-5-4-6-8-23)24-9-11-26(31)12-10-24/h4-14,21,29H,15-20,22H2,1-3H3. The molecule has 0 saturated carbocycles. The first kappa shape index (κ1) is 28.4. The van der Waals surface area contributed by atoms with Crippen molar-refractivity contribution >= 4 is 17.3 Å². The lowest BCUT2D eigenvalue weighted by Crippen LogP contribution is -2.47. The monoisotopic (exact) mass is 544 g/mol. The van der Waals surface area contributed by atoms with Gasteiger partial charge < -0.3 is 9.80 Å². The quantitative estimate of drug-likeness (QED) is 0.315. The van der Waals surface area contributed by atoms with Crippen molar-refractivity contribution < 1.29 is 13.2 Å². The highest BCUT2D eigenvalue weighted by atomic mass is 35.5. The van der Waals surface area contributed by atoms with Crippen molar-refractivity contribution in [2.75, 3.05) is 65.3 Å². The van der Waals surface area contributed by atoms with Gasteiger partial charge in [-0.05, 0) is 61.1 Å². The Morgan fingerprint density at radius 1 is 0.816 bits per heavy atom. The van der Waals surface area contributed by atoms with Gasteiger partial charge in [0.15, 0.2) is 0 Å². The number of rotatable bonds is 9. The van der Waals surface area contributed by atoms with Gasteiger partial charge in [0.05, 0.1) is 11.6 Å². The Morgan fingerprint density at radius 2 is 1.45 bits per heavy atom. The smallest absolute Gasteiger partial charge is 0.373 e. The Labute approximate surface area is 229 Å². The van der Waals surface area contributed by atoms with Crippen LogP contribution in [0.4, 0.5) is 18.9 Å². The minimum atomic E-state index is -4.38. The van der Waals surface area contributed by atoms with Crippen LogP contribution >= 0.6 is 11.6 Å². The van der Waals surface area contributed by atoms with Gasteiger partial charge in [-0.1, -0.05) is 54.1 Å². The van der Waals surface area contributed by atoms with Gasteiger partial charge in [-0.3, -0.25) is 9.80 Å². The van der Waals surface area contributed by atoms with Crippen molar-refractivity contribution in [2.24, 2.45) is 0 Å². The molecule has 3 aromatic rings. The lowest BCUT2D eigenvalue weighted by Gasteiger charge is -2.40. The van der Waals surface area contributed by atoms with Gasteiger partial charge in [-0.2, -0.15) is 13.2 Å². The Morgan fingerprint density at radius 3 is 2.05 bits per heavy atom. The SMILES string of the molecule is CN(C)CCN(C)c1ccc(C(F)(F)F)c(CN2CCN(C(c3ccccc3)c3ccc(Cl)cc3)CC2)c1. The molecule has 0 radical (unpaired) electrons. The lowest BCUT2D eigenvalue weighted by molar-refractivity contribution is -0.138. The molecule has 1 aliphatic rings. The highest BCUT2D eigenvalue weighted by Gasteiger charge is 2.34. The maximum atomic E-state index is 13.9. The molecule has 4 rings (SSSR count). The summed E-state index contributed by atoms with van der Waals surface area (Å²) in [7, 11) is 5.90. The van der Waals surface area contributed by atoms with E-state index in [9.17, 15) is 13.2 Å². The minimum Gasteiger partial charge on any atom is -0.373 e. The molecule has 1 unspecified atom stereocenters. The summed E-state index contributed by atoms with van der Waals surface area (Å²) in [5, 5.41) is 0.695. The molecule has 1 atom stereocenters. The van der Waals surface area contributed by atoms with Crippen LogP contribution in [-0.4, -0.2) is 75.1 Å². The van der Waals surface area contributed by atoms with Crippen LogP contribution in [0.3, 0.4) is 0 Å². The third-order valence-corrected chi connectivity index (χ3v) is 7.44. The van der Waals surface area contributed by atoms with E-state index in [-0.39, 0.29) is 12.6 Å². The average molecular weight is 545 g/mol. The van der Waals surface area contributed by atoms with E-state index in [4.69, 9.17) is 11.6 Å². The lowest BCUT2D eigenvalue weighted by atomic mass is 9.96. The fourth-order valence-electron chi connectivity index (χ4n) is 5.02. The second-order valence-corrected chi connectivity index (χ2v) is 10.7. The molecule has 1 fully saturated rings. The number of anilines is 1. The summed E-state index contributed by atoms with van der Waals surface area (Å²) in [6.07, 6.45) is -4.38. The molecule has 1 saturated heterocycles. The maximum Gasteiger partial charge on any atom is 0.416 e. The molecule has 204 valence electrons. The molecule has 3 aromatic carbocycles. The number of piperazine rings is 1. The first-order chi connectivity index (χ1) is 18.1. The molecule has 0 bridgehead atoms. The third-order valence-electron chi connectivity index (χ3n) is 7.18. The molecule has 0 aliphatic carbocycles. The number of benzene rings is 3. The van der Waals surface area contributed by atoms with Crippen LogP contribution < -0.4 is 4.90 Å². The van der Waals surface area contributed by atoms with Gasteiger partial charge in [0, 0.05) is 63.6 Å². The normalized spacial score (nSPS) is 16.1. The number of nitrogens with zero attached hydrogens (tertiary/aromatic N) is 4. The number of halogens is 4. The van der Waals surface area contributed by atoms with E-state index < -0.39 is 11.7 Å². The summed E-state index contributed by atoms with van der Waals surface area (Å²) in [5.74, 6) is 0. The number of likely N-dealkylation sites (N-methyl/N-ethyl adjacent to an activating group) is 2. The summed E-state index contributed by atoms with van der Waals surface area (Å²) in [4.78, 5) is 8.62. The van der Waals surface area contributed by atoms with Crippen LogP contribution in [0.1, 0.15) is 28.3 Å². The first-order valence-corrected chi connectivity index (χ1v) is 13.3. The van der Waals surface area contributed by atoms with Crippen molar-refractivity contribution in [1.82, 2.24) is 14.7 Å². The minimum absolute atomic E-state index is 0.0648. The van der Waals surface area contributed by atoms with Gasteiger partial charge in [0.25, 0.3) is 0 Å². The summed E-state index contributed by atoms with van der Waals surface area (Å²) >= 11 is 6.15. The average Bonchev–Trinajstić information content (AvgIpc) is 2.89. The van der Waals surface area contributed by atoms with Crippen LogP contribution in [0.15, 0.2) is 72.8 Å². The van der Waals surface area contributed by atoms with E-state index in [2.05, 4.69) is 39.0 Å². The van der Waals surface area contributed by atoms with Crippen molar-refractivity contribution in [3.63, 3.8) is 0 Å². The van der Waals surface area contributed by atoms with Crippen molar-refractivity contribution in [3.05, 3.63) is 100 Å². The summed E-state index contributed by atoms with van der Waals surface area (Å²) in [6.45, 7) is 4.73. The topological polar surface area (TPSA) is 13.0 Å². The molecular formula is C30H36ClF3N4. The van der Waals surface area contributed by atoms with E-state index >= 15 is 0 Å². The summed E-state index contributed by atoms with van der Waals surface area (Å²) < 4.78 is 41.7. The highest BCUT2D eigenvalue weighted by Crippen LogP contribution is 2.35. The largest absolute Gasteiger partial charge is 0.416 e. The van der Waals surface area contributed by atoms with Gasteiger partial charge in [-0.15, -0.1) is 0 Å². The van der Waals surface area contributed by atoms with Crippen molar-refractivity contribution in [1.29, 1.82) is 0 Å². The summed E-state index contributed by atoms with van der Waals surface area (Å²) in [6, 6.07) is 22.8. The highest BCUT2D eigenvalue weighted by molar-refractivity contribution is 6.30.